The number of rotatable bonds is 2. The number of hydrogen-bond donors (Lipinski definition) is 1. The molecule has 3 atom stereocenters. The van der Waals surface area contributed by atoms with Crippen molar-refractivity contribution in [3.63, 3.8) is 0 Å². The van der Waals surface area contributed by atoms with Crippen molar-refractivity contribution >= 4 is 11.8 Å². The van der Waals surface area contributed by atoms with Gasteiger partial charge in [-0.3, -0.25) is 4.90 Å². The Morgan fingerprint density at radius 3 is 2.33 bits per heavy atom. The summed E-state index contributed by atoms with van der Waals surface area (Å²) in [6, 6.07) is 0. The molecule has 0 bridgehead atoms. The molecule has 0 saturated carbocycles. The second-order valence-electron chi connectivity index (χ2n) is 3.82. The highest BCUT2D eigenvalue weighted by atomic mass is 32.2. The zero-order valence-electron chi connectivity index (χ0n) is 8.16. The van der Waals surface area contributed by atoms with E-state index in [1.807, 2.05) is 18.7 Å². The van der Waals surface area contributed by atoms with Gasteiger partial charge in [0.15, 0.2) is 0 Å². The summed E-state index contributed by atoms with van der Waals surface area (Å²) in [5.74, 6) is 0. The van der Waals surface area contributed by atoms with Crippen molar-refractivity contribution in [1.29, 1.82) is 0 Å². The molecule has 2 nitrogen and oxygen atoms in total. The lowest BCUT2D eigenvalue weighted by atomic mass is 10.3. The van der Waals surface area contributed by atoms with Crippen molar-refractivity contribution in [3.8, 4) is 0 Å². The van der Waals surface area contributed by atoms with Crippen LogP contribution in [0.1, 0.15) is 20.8 Å². The summed E-state index contributed by atoms with van der Waals surface area (Å²) in [6.07, 6.45) is -0.188. The second kappa shape index (κ2) is 4.49. The molecule has 12 heavy (non-hydrogen) atoms. The van der Waals surface area contributed by atoms with E-state index in [2.05, 4.69) is 18.7 Å². The average Bonchev–Trinajstić information content (AvgIpc) is 1.81. The number of β-amino-alcohol motifs (C(OH)–C–C–N with tert-alkyl or cyclic N) is 1. The van der Waals surface area contributed by atoms with Crippen molar-refractivity contribution in [1.82, 2.24) is 4.90 Å². The fourth-order valence-corrected chi connectivity index (χ4v) is 3.19. The van der Waals surface area contributed by atoms with Gasteiger partial charge in [0, 0.05) is 30.1 Å². The molecule has 0 aromatic rings. The first-order chi connectivity index (χ1) is 5.58. The monoisotopic (exact) mass is 189 g/mol. The minimum Gasteiger partial charge on any atom is -0.392 e. The lowest BCUT2D eigenvalue weighted by Crippen LogP contribution is -2.43. The molecule has 1 aliphatic heterocycles. The van der Waals surface area contributed by atoms with Gasteiger partial charge in [-0.15, -0.1) is 0 Å². The van der Waals surface area contributed by atoms with Crippen molar-refractivity contribution in [2.45, 2.75) is 37.4 Å². The van der Waals surface area contributed by atoms with Crippen LogP contribution >= 0.6 is 11.8 Å². The molecule has 1 heterocycles. The first-order valence-corrected chi connectivity index (χ1v) is 5.58. The topological polar surface area (TPSA) is 23.5 Å². The van der Waals surface area contributed by atoms with Crippen LogP contribution in [0.3, 0.4) is 0 Å². The smallest absolute Gasteiger partial charge is 0.0639 e. The van der Waals surface area contributed by atoms with Gasteiger partial charge < -0.3 is 5.11 Å². The standard InChI is InChI=1S/C9H19NOS/c1-7(11)4-10-5-8(2)12-9(3)6-10/h7-9,11H,4-6H2,1-3H3/t7-,8?,9?/m0/s1. The lowest BCUT2D eigenvalue weighted by Gasteiger charge is -2.35. The summed E-state index contributed by atoms with van der Waals surface area (Å²) in [4.78, 5) is 2.36. The van der Waals surface area contributed by atoms with Gasteiger partial charge >= 0.3 is 0 Å². The number of hydrogen-bond acceptors (Lipinski definition) is 3. The third kappa shape index (κ3) is 3.33. The van der Waals surface area contributed by atoms with Crippen LogP contribution in [0.5, 0.6) is 0 Å². The molecular formula is C9H19NOS. The molecule has 72 valence electrons. The zero-order chi connectivity index (χ0) is 9.14. The molecule has 3 heteroatoms. The SMILES string of the molecule is CC1CN(C[C@H](C)O)CC(C)S1. The van der Waals surface area contributed by atoms with Crippen molar-refractivity contribution < 1.29 is 5.11 Å². The molecule has 0 radical (unpaired) electrons. The van der Waals surface area contributed by atoms with Gasteiger partial charge in [-0.1, -0.05) is 13.8 Å². The highest BCUT2D eigenvalue weighted by molar-refractivity contribution is 8.00. The van der Waals surface area contributed by atoms with Crippen molar-refractivity contribution in [3.05, 3.63) is 0 Å². The van der Waals surface area contributed by atoms with E-state index in [4.69, 9.17) is 0 Å². The molecule has 1 saturated heterocycles. The Bertz CT molecular complexity index is 128. The summed E-state index contributed by atoms with van der Waals surface area (Å²) in [5.41, 5.74) is 0. The molecular weight excluding hydrogens is 170 g/mol. The molecule has 0 spiro atoms. The summed E-state index contributed by atoms with van der Waals surface area (Å²) in [7, 11) is 0. The maximum atomic E-state index is 9.23. The van der Waals surface area contributed by atoms with E-state index < -0.39 is 0 Å². The van der Waals surface area contributed by atoms with Gasteiger partial charge in [-0.05, 0) is 6.92 Å². The van der Waals surface area contributed by atoms with Crippen LogP contribution in [0.15, 0.2) is 0 Å². The van der Waals surface area contributed by atoms with Crippen LogP contribution in [0.4, 0.5) is 0 Å². The van der Waals surface area contributed by atoms with E-state index in [-0.39, 0.29) is 6.10 Å². The van der Waals surface area contributed by atoms with E-state index in [0.717, 1.165) is 19.6 Å². The van der Waals surface area contributed by atoms with Crippen molar-refractivity contribution in [2.24, 2.45) is 0 Å². The van der Waals surface area contributed by atoms with Crippen LogP contribution in [0.2, 0.25) is 0 Å². The van der Waals surface area contributed by atoms with Gasteiger partial charge in [-0.2, -0.15) is 11.8 Å². The molecule has 0 amide bonds. The van der Waals surface area contributed by atoms with E-state index in [9.17, 15) is 5.11 Å². The Labute approximate surface area is 79.3 Å². The van der Waals surface area contributed by atoms with Gasteiger partial charge in [0.25, 0.3) is 0 Å². The highest BCUT2D eigenvalue weighted by Gasteiger charge is 2.22. The van der Waals surface area contributed by atoms with Crippen molar-refractivity contribution in [2.75, 3.05) is 19.6 Å². The molecule has 0 aromatic heterocycles. The Balaban J connectivity index is 2.34. The van der Waals surface area contributed by atoms with Gasteiger partial charge in [0.2, 0.25) is 0 Å². The van der Waals surface area contributed by atoms with Crippen LogP contribution < -0.4 is 0 Å². The van der Waals surface area contributed by atoms with Crippen LogP contribution in [-0.2, 0) is 0 Å². The number of nitrogens with zero attached hydrogens (tertiary/aromatic N) is 1. The third-order valence-electron chi connectivity index (χ3n) is 2.02. The normalized spacial score (nSPS) is 35.0. The lowest BCUT2D eigenvalue weighted by molar-refractivity contribution is 0.125. The predicted molar refractivity (Wildman–Crippen MR) is 54.6 cm³/mol. The Kier molecular flexibility index (Phi) is 3.87. The van der Waals surface area contributed by atoms with E-state index in [1.165, 1.54) is 0 Å². The van der Waals surface area contributed by atoms with Gasteiger partial charge in [0.1, 0.15) is 0 Å². The van der Waals surface area contributed by atoms with E-state index in [0.29, 0.717) is 10.5 Å². The van der Waals surface area contributed by atoms with Gasteiger partial charge in [-0.25, -0.2) is 0 Å². The summed E-state index contributed by atoms with van der Waals surface area (Å²) in [5, 5.41) is 10.7. The Hall–Kier alpha value is 0.270. The summed E-state index contributed by atoms with van der Waals surface area (Å²) < 4.78 is 0. The summed E-state index contributed by atoms with van der Waals surface area (Å²) >= 11 is 2.05. The number of thioether (sulfide) groups is 1. The molecule has 2 unspecified atom stereocenters. The van der Waals surface area contributed by atoms with E-state index in [1.54, 1.807) is 0 Å². The predicted octanol–water partition coefficient (Wildman–Crippen LogP) is 1.19. The fraction of sp³-hybridized carbons (Fsp3) is 1.00. The minimum absolute atomic E-state index is 0.188. The van der Waals surface area contributed by atoms with Crippen LogP contribution in [0.25, 0.3) is 0 Å². The first kappa shape index (κ1) is 10.4. The molecule has 1 N–H and O–H groups in total. The quantitative estimate of drug-likeness (QED) is 0.706. The zero-order valence-corrected chi connectivity index (χ0v) is 8.97. The summed E-state index contributed by atoms with van der Waals surface area (Å²) in [6.45, 7) is 9.46. The average molecular weight is 189 g/mol. The molecule has 1 rings (SSSR count). The highest BCUT2D eigenvalue weighted by Crippen LogP contribution is 2.24. The van der Waals surface area contributed by atoms with Gasteiger partial charge in [0.05, 0.1) is 6.10 Å². The number of aliphatic hydroxyl groups is 1. The Morgan fingerprint density at radius 1 is 1.42 bits per heavy atom. The van der Waals surface area contributed by atoms with E-state index >= 15 is 0 Å². The number of aliphatic hydroxyl groups excluding tert-OH is 1. The first-order valence-electron chi connectivity index (χ1n) is 4.64. The Morgan fingerprint density at radius 2 is 1.92 bits per heavy atom. The molecule has 0 aromatic carbocycles. The minimum atomic E-state index is -0.188. The van der Waals surface area contributed by atoms with Crippen LogP contribution in [0, 0.1) is 0 Å². The second-order valence-corrected chi connectivity index (χ2v) is 5.71. The third-order valence-corrected chi connectivity index (χ3v) is 3.25. The maximum absolute atomic E-state index is 9.23. The molecule has 1 fully saturated rings. The molecule has 0 aliphatic carbocycles. The van der Waals surface area contributed by atoms with Crippen LogP contribution in [-0.4, -0.2) is 46.2 Å². The maximum Gasteiger partial charge on any atom is 0.0639 e. The largest absolute Gasteiger partial charge is 0.392 e. The molecule has 1 aliphatic rings. The fourth-order valence-electron chi connectivity index (χ4n) is 1.81.